The number of piperazine rings is 1. The van der Waals surface area contributed by atoms with E-state index in [2.05, 4.69) is 4.90 Å². The van der Waals surface area contributed by atoms with Gasteiger partial charge in [-0.1, -0.05) is 30.3 Å². The molecule has 1 atom stereocenters. The number of β-amino-alcohol motifs (C(OH)–C–C–N with tert-alkyl or cyclic N) is 1. The molecule has 0 aliphatic carbocycles. The van der Waals surface area contributed by atoms with Crippen LogP contribution in [0.1, 0.15) is 22.2 Å². The first-order chi connectivity index (χ1) is 11.1. The average Bonchev–Trinajstić information content (AvgIpc) is 3.02. The summed E-state index contributed by atoms with van der Waals surface area (Å²) in [5, 5.41) is 10.5. The van der Waals surface area contributed by atoms with E-state index in [1.165, 1.54) is 0 Å². The summed E-state index contributed by atoms with van der Waals surface area (Å²) in [7, 11) is 0. The van der Waals surface area contributed by atoms with Gasteiger partial charge in [0.2, 0.25) is 0 Å². The Morgan fingerprint density at radius 3 is 2.43 bits per heavy atom. The fourth-order valence-electron chi connectivity index (χ4n) is 2.74. The summed E-state index contributed by atoms with van der Waals surface area (Å²) in [6, 6.07) is 12.8. The predicted molar refractivity (Wildman–Crippen MR) is 87.5 cm³/mol. The van der Waals surface area contributed by atoms with Crippen LogP contribution in [0.25, 0.3) is 0 Å². The van der Waals surface area contributed by atoms with Gasteiger partial charge < -0.3 is 14.4 Å². The highest BCUT2D eigenvalue weighted by Gasteiger charge is 2.25. The van der Waals surface area contributed by atoms with Crippen LogP contribution in [0, 0.1) is 0 Å². The van der Waals surface area contributed by atoms with Crippen LogP contribution in [0.15, 0.2) is 46.9 Å². The summed E-state index contributed by atoms with van der Waals surface area (Å²) in [6.07, 6.45) is -0.512. The zero-order valence-electron chi connectivity index (χ0n) is 12.7. The molecule has 3 rings (SSSR count). The Hall–Kier alpha value is -1.82. The number of carbonyl (C=O) groups is 1. The van der Waals surface area contributed by atoms with E-state index in [0.29, 0.717) is 19.6 Å². The minimum absolute atomic E-state index is 0.139. The molecule has 2 heterocycles. The lowest BCUT2D eigenvalue weighted by atomic mass is 10.1. The van der Waals surface area contributed by atoms with Crippen molar-refractivity contribution in [3.8, 4) is 0 Å². The van der Waals surface area contributed by atoms with E-state index in [1.54, 1.807) is 17.0 Å². The Balaban J connectivity index is 1.51. The monoisotopic (exact) mass is 334 g/mol. The van der Waals surface area contributed by atoms with E-state index < -0.39 is 6.10 Å². The molecule has 6 heteroatoms. The summed E-state index contributed by atoms with van der Waals surface area (Å²) in [5.41, 5.74) is 0.913. The van der Waals surface area contributed by atoms with Crippen molar-refractivity contribution in [3.05, 3.63) is 59.0 Å². The molecule has 0 bridgehead atoms. The van der Waals surface area contributed by atoms with Gasteiger partial charge in [-0.15, -0.1) is 0 Å². The van der Waals surface area contributed by atoms with Crippen LogP contribution in [0.3, 0.4) is 0 Å². The number of benzene rings is 1. The summed E-state index contributed by atoms with van der Waals surface area (Å²) in [5.74, 6) is 0.132. The minimum atomic E-state index is -0.512. The molecule has 1 aromatic carbocycles. The lowest BCUT2D eigenvalue weighted by Gasteiger charge is -2.35. The Morgan fingerprint density at radius 2 is 1.83 bits per heavy atom. The summed E-state index contributed by atoms with van der Waals surface area (Å²) in [4.78, 5) is 16.2. The highest BCUT2D eigenvalue weighted by Crippen LogP contribution is 2.18. The smallest absolute Gasteiger partial charge is 0.289 e. The van der Waals surface area contributed by atoms with Crippen molar-refractivity contribution in [2.45, 2.75) is 6.10 Å². The molecule has 1 amide bonds. The maximum absolute atomic E-state index is 12.3. The van der Waals surface area contributed by atoms with Crippen LogP contribution in [0.4, 0.5) is 0 Å². The van der Waals surface area contributed by atoms with Gasteiger partial charge in [-0.25, -0.2) is 0 Å². The Morgan fingerprint density at radius 1 is 1.13 bits per heavy atom. The van der Waals surface area contributed by atoms with E-state index in [4.69, 9.17) is 16.0 Å². The van der Waals surface area contributed by atoms with Crippen molar-refractivity contribution in [1.29, 1.82) is 0 Å². The van der Waals surface area contributed by atoms with E-state index >= 15 is 0 Å². The number of nitrogens with zero attached hydrogens (tertiary/aromatic N) is 2. The van der Waals surface area contributed by atoms with Crippen LogP contribution in [-0.2, 0) is 0 Å². The van der Waals surface area contributed by atoms with Crippen molar-refractivity contribution in [1.82, 2.24) is 9.80 Å². The third-order valence-electron chi connectivity index (χ3n) is 4.06. The normalized spacial score (nSPS) is 17.2. The first-order valence-corrected chi connectivity index (χ1v) is 8.01. The number of hydrogen-bond acceptors (Lipinski definition) is 4. The number of carbonyl (C=O) groups excluding carboxylic acids is 1. The molecule has 1 N–H and O–H groups in total. The van der Waals surface area contributed by atoms with Gasteiger partial charge in [-0.2, -0.15) is 0 Å². The van der Waals surface area contributed by atoms with Gasteiger partial charge >= 0.3 is 0 Å². The number of aliphatic hydroxyl groups is 1. The molecule has 1 aromatic heterocycles. The van der Waals surface area contributed by atoms with Gasteiger partial charge in [0.25, 0.3) is 5.91 Å². The number of halogens is 1. The Bertz CT molecular complexity index is 651. The van der Waals surface area contributed by atoms with Gasteiger partial charge in [0, 0.05) is 32.7 Å². The molecule has 23 heavy (non-hydrogen) atoms. The lowest BCUT2D eigenvalue weighted by Crippen LogP contribution is -2.49. The van der Waals surface area contributed by atoms with Crippen LogP contribution in [0.2, 0.25) is 5.22 Å². The van der Waals surface area contributed by atoms with Crippen LogP contribution in [-0.4, -0.2) is 53.5 Å². The second-order valence-corrected chi connectivity index (χ2v) is 6.00. The number of amides is 1. The standard InChI is InChI=1S/C17H19ClN2O3/c18-16-7-6-15(23-16)17(22)20-10-8-19(9-11-20)12-14(21)13-4-2-1-3-5-13/h1-7,14,21H,8-12H2/t14-/m1/s1. The van der Waals surface area contributed by atoms with Crippen LogP contribution in [0.5, 0.6) is 0 Å². The highest BCUT2D eigenvalue weighted by atomic mass is 35.5. The quantitative estimate of drug-likeness (QED) is 0.933. The van der Waals surface area contributed by atoms with Gasteiger partial charge in [0.05, 0.1) is 6.10 Å². The van der Waals surface area contributed by atoms with E-state index in [0.717, 1.165) is 18.7 Å². The molecule has 1 fully saturated rings. The van der Waals surface area contributed by atoms with Crippen LogP contribution >= 0.6 is 11.6 Å². The SMILES string of the molecule is O=C(c1ccc(Cl)o1)N1CCN(C[C@@H](O)c2ccccc2)CC1. The van der Waals surface area contributed by atoms with Gasteiger partial charge in [-0.05, 0) is 29.3 Å². The number of furan rings is 1. The Kier molecular flexibility index (Phi) is 5.00. The zero-order valence-corrected chi connectivity index (χ0v) is 13.4. The third-order valence-corrected chi connectivity index (χ3v) is 4.26. The molecule has 1 aliphatic rings. The van der Waals surface area contributed by atoms with Crippen molar-refractivity contribution < 1.29 is 14.3 Å². The number of hydrogen-bond donors (Lipinski definition) is 1. The largest absolute Gasteiger partial charge is 0.440 e. The fourth-order valence-corrected chi connectivity index (χ4v) is 2.89. The first kappa shape index (κ1) is 16.1. The zero-order chi connectivity index (χ0) is 16.2. The third kappa shape index (κ3) is 3.93. The van der Waals surface area contributed by atoms with Crippen molar-refractivity contribution in [2.75, 3.05) is 32.7 Å². The maximum Gasteiger partial charge on any atom is 0.289 e. The molecule has 1 saturated heterocycles. The van der Waals surface area contributed by atoms with E-state index in [-0.39, 0.29) is 16.9 Å². The summed E-state index contributed by atoms with van der Waals surface area (Å²) >= 11 is 5.71. The minimum Gasteiger partial charge on any atom is -0.440 e. The average molecular weight is 335 g/mol. The molecule has 5 nitrogen and oxygen atoms in total. The van der Waals surface area contributed by atoms with E-state index in [1.807, 2.05) is 30.3 Å². The molecule has 0 radical (unpaired) electrons. The summed E-state index contributed by atoms with van der Waals surface area (Å²) in [6.45, 7) is 3.24. The second kappa shape index (κ2) is 7.17. The lowest BCUT2D eigenvalue weighted by molar-refractivity contribution is 0.0503. The molecular weight excluding hydrogens is 316 g/mol. The Labute approximate surface area is 140 Å². The number of rotatable bonds is 4. The number of aliphatic hydroxyl groups excluding tert-OH is 1. The molecule has 0 saturated carbocycles. The van der Waals surface area contributed by atoms with Crippen molar-refractivity contribution >= 4 is 17.5 Å². The molecule has 0 unspecified atom stereocenters. The highest BCUT2D eigenvalue weighted by molar-refractivity contribution is 6.29. The summed E-state index contributed by atoms with van der Waals surface area (Å²) < 4.78 is 5.17. The topological polar surface area (TPSA) is 56.9 Å². The fraction of sp³-hybridized carbons (Fsp3) is 0.353. The van der Waals surface area contributed by atoms with Gasteiger partial charge in [-0.3, -0.25) is 9.69 Å². The molecule has 1 aliphatic heterocycles. The second-order valence-electron chi connectivity index (χ2n) is 5.62. The van der Waals surface area contributed by atoms with Crippen LogP contribution < -0.4 is 0 Å². The molecule has 122 valence electrons. The van der Waals surface area contributed by atoms with Gasteiger partial charge in [0.15, 0.2) is 11.0 Å². The molecule has 0 spiro atoms. The molecule has 2 aromatic rings. The first-order valence-electron chi connectivity index (χ1n) is 7.63. The van der Waals surface area contributed by atoms with E-state index in [9.17, 15) is 9.90 Å². The predicted octanol–water partition coefficient (Wildman–Crippen LogP) is 2.42. The van der Waals surface area contributed by atoms with Crippen molar-refractivity contribution in [2.24, 2.45) is 0 Å². The van der Waals surface area contributed by atoms with Crippen molar-refractivity contribution in [3.63, 3.8) is 0 Å². The van der Waals surface area contributed by atoms with Gasteiger partial charge in [0.1, 0.15) is 0 Å². The maximum atomic E-state index is 12.3. The molecular formula is C17H19ClN2O3.